The van der Waals surface area contributed by atoms with Crippen molar-refractivity contribution in [3.63, 3.8) is 0 Å². The number of hydrogen-bond acceptors (Lipinski definition) is 4. The van der Waals surface area contributed by atoms with Gasteiger partial charge in [-0.3, -0.25) is 0 Å². The molecule has 3 aliphatic rings. The molecule has 0 bridgehead atoms. The Morgan fingerprint density at radius 2 is 2.28 bits per heavy atom. The first-order chi connectivity index (χ1) is 14.0. The highest BCUT2D eigenvalue weighted by Crippen LogP contribution is 2.44. The lowest BCUT2D eigenvalue weighted by atomic mass is 9.95. The average molecular weight is 418 g/mol. The predicted octanol–water partition coefficient (Wildman–Crippen LogP) is 3.00. The van der Waals surface area contributed by atoms with Gasteiger partial charge in [0.2, 0.25) is 0 Å². The summed E-state index contributed by atoms with van der Waals surface area (Å²) in [6, 6.07) is 1.53. The zero-order chi connectivity index (χ0) is 20.1. The number of anilines is 1. The van der Waals surface area contributed by atoms with Gasteiger partial charge in [-0.25, -0.2) is 13.9 Å². The van der Waals surface area contributed by atoms with Gasteiger partial charge in [0.25, 0.3) is 10.8 Å². The number of carbonyl (C=O) groups excluding carboxylic acids is 1. The van der Waals surface area contributed by atoms with Gasteiger partial charge >= 0.3 is 6.03 Å². The van der Waals surface area contributed by atoms with Crippen molar-refractivity contribution in [1.82, 2.24) is 14.5 Å². The van der Waals surface area contributed by atoms with E-state index in [0.29, 0.717) is 48.4 Å². The molecule has 0 spiro atoms. The maximum absolute atomic E-state index is 14.1. The van der Waals surface area contributed by atoms with Crippen LogP contribution in [0, 0.1) is 0 Å². The van der Waals surface area contributed by atoms with Crippen LogP contribution in [0.4, 0.5) is 14.9 Å². The van der Waals surface area contributed by atoms with Gasteiger partial charge in [-0.15, -0.1) is 4.72 Å². The summed E-state index contributed by atoms with van der Waals surface area (Å²) in [5, 5.41) is 7.06. The van der Waals surface area contributed by atoms with Crippen molar-refractivity contribution in [2.24, 2.45) is 0 Å². The van der Waals surface area contributed by atoms with E-state index in [1.165, 1.54) is 11.8 Å². The molecule has 7 nitrogen and oxygen atoms in total. The highest BCUT2D eigenvalue weighted by molar-refractivity contribution is 7.90. The molecule has 0 fully saturated rings. The molecule has 3 atom stereocenters. The lowest BCUT2D eigenvalue weighted by molar-refractivity contribution is 0.224. The Balaban J connectivity index is 1.38. The summed E-state index contributed by atoms with van der Waals surface area (Å²) >= 11 is -1.80. The van der Waals surface area contributed by atoms with Crippen LogP contribution < -0.4 is 14.8 Å². The Kier molecular flexibility index (Phi) is 4.66. The third kappa shape index (κ3) is 3.26. The van der Waals surface area contributed by atoms with Crippen molar-refractivity contribution in [3.8, 4) is 5.88 Å². The number of ether oxygens (including phenoxy) is 1. The molecule has 154 valence electrons. The van der Waals surface area contributed by atoms with Gasteiger partial charge in [-0.05, 0) is 41.0 Å². The first-order valence-electron chi connectivity index (χ1n) is 10.0. The first-order valence-corrected chi connectivity index (χ1v) is 11.2. The molecule has 1 aliphatic heterocycles. The predicted molar refractivity (Wildman–Crippen MR) is 106 cm³/mol. The largest absolute Gasteiger partial charge is 0.588 e. The van der Waals surface area contributed by atoms with E-state index in [0.717, 1.165) is 36.0 Å². The van der Waals surface area contributed by atoms with Crippen molar-refractivity contribution in [3.05, 3.63) is 34.5 Å². The summed E-state index contributed by atoms with van der Waals surface area (Å²) < 4.78 is 36.5. The van der Waals surface area contributed by atoms with Gasteiger partial charge in [0.15, 0.2) is 0 Å². The minimum Gasteiger partial charge on any atom is -0.588 e. The topological polar surface area (TPSA) is 91.2 Å². The number of hydrogen-bond donors (Lipinski definition) is 2. The monoisotopic (exact) mass is 418 g/mol. The van der Waals surface area contributed by atoms with Gasteiger partial charge in [-0.2, -0.15) is 5.10 Å². The van der Waals surface area contributed by atoms with Crippen molar-refractivity contribution in [2.45, 2.75) is 62.6 Å². The van der Waals surface area contributed by atoms with E-state index in [1.807, 2.05) is 0 Å². The molecule has 2 heterocycles. The number of rotatable bonds is 3. The molecule has 29 heavy (non-hydrogen) atoms. The van der Waals surface area contributed by atoms with E-state index in [1.54, 1.807) is 4.68 Å². The smallest absolute Gasteiger partial charge is 0.361 e. The summed E-state index contributed by atoms with van der Waals surface area (Å²) in [6.07, 6.45) is 4.02. The normalized spacial score (nSPS) is 23.0. The van der Waals surface area contributed by atoms with Crippen LogP contribution in [0.2, 0.25) is 0 Å². The van der Waals surface area contributed by atoms with Crippen LogP contribution in [0.3, 0.4) is 0 Å². The SMILES string of the molecule is C[C@@H]1CCc2cc3c(c(NC(=O)N[S+]([O-])c4cnn5c4OCCC5)c21)C[C@@H](F)C3. The molecule has 2 amide bonds. The Labute approximate surface area is 171 Å². The quantitative estimate of drug-likeness (QED) is 0.750. The molecule has 9 heteroatoms. The van der Waals surface area contributed by atoms with Crippen molar-refractivity contribution >= 4 is 23.1 Å². The molecule has 1 aromatic carbocycles. The molecule has 1 unspecified atom stereocenters. The van der Waals surface area contributed by atoms with E-state index in [-0.39, 0.29) is 0 Å². The number of nitrogens with one attached hydrogen (secondary N) is 2. The number of aromatic nitrogens is 2. The summed E-state index contributed by atoms with van der Waals surface area (Å²) in [4.78, 5) is 13.0. The van der Waals surface area contributed by atoms with Crippen LogP contribution in [0.15, 0.2) is 17.2 Å². The lowest BCUT2D eigenvalue weighted by Gasteiger charge is -2.19. The maximum atomic E-state index is 14.1. The van der Waals surface area contributed by atoms with Gasteiger partial charge in [0.05, 0.1) is 6.61 Å². The highest BCUT2D eigenvalue weighted by atomic mass is 32.2. The molecular weight excluding hydrogens is 395 g/mol. The van der Waals surface area contributed by atoms with E-state index < -0.39 is 23.6 Å². The Bertz CT molecular complexity index is 979. The molecule has 0 radical (unpaired) electrons. The molecule has 5 rings (SSSR count). The van der Waals surface area contributed by atoms with Gasteiger partial charge in [0, 0.05) is 31.5 Å². The van der Waals surface area contributed by atoms with E-state index >= 15 is 0 Å². The molecule has 2 N–H and O–H groups in total. The fourth-order valence-electron chi connectivity index (χ4n) is 4.69. The highest BCUT2D eigenvalue weighted by Gasteiger charge is 2.33. The number of halogens is 1. The number of amides is 2. The minimum absolute atomic E-state index is 0.297. The molecule has 2 aliphatic carbocycles. The number of alkyl halides is 1. The van der Waals surface area contributed by atoms with Gasteiger partial charge < -0.3 is 14.6 Å². The number of benzene rings is 1. The summed E-state index contributed by atoms with van der Waals surface area (Å²) in [5.41, 5.74) is 4.81. The van der Waals surface area contributed by atoms with Crippen LogP contribution in [-0.2, 0) is 37.2 Å². The second-order valence-electron chi connectivity index (χ2n) is 7.97. The van der Waals surface area contributed by atoms with Crippen LogP contribution in [0.5, 0.6) is 5.88 Å². The summed E-state index contributed by atoms with van der Waals surface area (Å²) in [6.45, 7) is 3.35. The van der Waals surface area contributed by atoms with Crippen molar-refractivity contribution in [2.75, 3.05) is 11.9 Å². The Hall–Kier alpha value is -2.26. The summed E-state index contributed by atoms with van der Waals surface area (Å²) in [7, 11) is 0. The first kappa shape index (κ1) is 18.7. The third-order valence-electron chi connectivity index (χ3n) is 6.00. The second kappa shape index (κ2) is 7.21. The maximum Gasteiger partial charge on any atom is 0.361 e. The molecule has 0 saturated heterocycles. The zero-order valence-corrected chi connectivity index (χ0v) is 17.0. The van der Waals surface area contributed by atoms with Crippen LogP contribution in [0.25, 0.3) is 0 Å². The van der Waals surface area contributed by atoms with Gasteiger partial charge in [-0.1, -0.05) is 13.0 Å². The summed E-state index contributed by atoms with van der Waals surface area (Å²) in [5.74, 6) is 0.733. The van der Waals surface area contributed by atoms with Crippen LogP contribution in [-0.4, -0.2) is 33.1 Å². The number of aryl methyl sites for hydroxylation is 2. The standard InChI is InChI=1S/C20H23FN4O3S/c1-11-3-4-12-7-13-8-14(21)9-15(13)18(17(11)12)23-20(26)24-29(27)16-10-22-25-5-2-6-28-19(16)25/h7,10-11,14H,2-6,8-9H2,1H3,(H2,23,24,26)/t11-,14+,29?/m1/s1. The third-order valence-corrected chi connectivity index (χ3v) is 7.05. The Morgan fingerprint density at radius 1 is 1.41 bits per heavy atom. The Morgan fingerprint density at radius 3 is 3.14 bits per heavy atom. The molecule has 1 aromatic heterocycles. The molecular formula is C20H23FN4O3S. The average Bonchev–Trinajstić information content (AvgIpc) is 3.38. The fourth-order valence-corrected chi connectivity index (χ4v) is 5.48. The molecule has 2 aromatic rings. The number of fused-ring (bicyclic) bond motifs is 3. The molecule has 0 saturated carbocycles. The number of urea groups is 1. The minimum atomic E-state index is -1.80. The van der Waals surface area contributed by atoms with Crippen LogP contribution >= 0.6 is 0 Å². The van der Waals surface area contributed by atoms with E-state index in [4.69, 9.17) is 4.74 Å². The van der Waals surface area contributed by atoms with Crippen molar-refractivity contribution < 1.29 is 18.5 Å². The van der Waals surface area contributed by atoms with Crippen molar-refractivity contribution in [1.29, 1.82) is 0 Å². The van der Waals surface area contributed by atoms with Gasteiger partial charge in [0.1, 0.15) is 23.7 Å². The second-order valence-corrected chi connectivity index (χ2v) is 9.15. The van der Waals surface area contributed by atoms with E-state index in [9.17, 15) is 13.7 Å². The number of nitrogens with zero attached hydrogens (tertiary/aromatic N) is 2. The van der Waals surface area contributed by atoms with E-state index in [2.05, 4.69) is 28.1 Å². The number of carbonyl (C=O) groups is 1. The zero-order valence-electron chi connectivity index (χ0n) is 16.2. The van der Waals surface area contributed by atoms with Crippen LogP contribution in [0.1, 0.15) is 47.9 Å². The fraction of sp³-hybridized carbons (Fsp3) is 0.500. The lowest BCUT2D eigenvalue weighted by Crippen LogP contribution is -2.35.